The summed E-state index contributed by atoms with van der Waals surface area (Å²) >= 11 is 6.29. The molecule has 0 unspecified atom stereocenters. The minimum Gasteiger partial charge on any atom is -0.493 e. The normalized spacial score (nSPS) is 10.7. The van der Waals surface area contributed by atoms with E-state index < -0.39 is 0 Å². The molecule has 21 heavy (non-hydrogen) atoms. The Morgan fingerprint density at radius 1 is 1.38 bits per heavy atom. The van der Waals surface area contributed by atoms with Crippen LogP contribution in [0.4, 0.5) is 0 Å². The molecule has 0 amide bonds. The Morgan fingerprint density at radius 3 is 2.81 bits per heavy atom. The third-order valence-electron chi connectivity index (χ3n) is 3.16. The first-order chi connectivity index (χ1) is 10.2. The van der Waals surface area contributed by atoms with Crippen molar-refractivity contribution < 1.29 is 9.47 Å². The molecule has 2 rings (SSSR count). The minimum absolute atomic E-state index is 0.492. The molecule has 6 heteroatoms. The number of aryl methyl sites for hydroxylation is 1. The highest BCUT2D eigenvalue weighted by Gasteiger charge is 2.12. The van der Waals surface area contributed by atoms with Gasteiger partial charge in [0.15, 0.2) is 11.5 Å². The number of nitrogens with one attached hydrogen (secondary N) is 1. The molecule has 0 aliphatic rings. The van der Waals surface area contributed by atoms with Crippen LogP contribution in [0.3, 0.4) is 0 Å². The minimum atomic E-state index is 0.492. The van der Waals surface area contributed by atoms with Gasteiger partial charge < -0.3 is 19.4 Å². The van der Waals surface area contributed by atoms with Gasteiger partial charge in [-0.1, -0.05) is 11.6 Å². The summed E-state index contributed by atoms with van der Waals surface area (Å²) in [5.74, 6) is 2.19. The third-order valence-corrected chi connectivity index (χ3v) is 3.44. The molecule has 0 aliphatic heterocycles. The monoisotopic (exact) mass is 309 g/mol. The molecule has 1 aromatic heterocycles. The molecule has 0 radical (unpaired) electrons. The number of rotatable bonds is 7. The Kier molecular flexibility index (Phi) is 5.47. The quantitative estimate of drug-likeness (QED) is 0.853. The van der Waals surface area contributed by atoms with Crippen molar-refractivity contribution in [1.29, 1.82) is 0 Å². The van der Waals surface area contributed by atoms with Gasteiger partial charge >= 0.3 is 0 Å². The maximum Gasteiger partial charge on any atom is 0.179 e. The lowest BCUT2D eigenvalue weighted by Gasteiger charge is -2.14. The van der Waals surface area contributed by atoms with E-state index in [4.69, 9.17) is 21.1 Å². The van der Waals surface area contributed by atoms with E-state index >= 15 is 0 Å². The van der Waals surface area contributed by atoms with Gasteiger partial charge in [-0.2, -0.15) is 0 Å². The summed E-state index contributed by atoms with van der Waals surface area (Å²) in [5, 5.41) is 3.64. The first-order valence-electron chi connectivity index (χ1n) is 6.75. The van der Waals surface area contributed by atoms with E-state index in [1.807, 2.05) is 37.0 Å². The molecular weight excluding hydrogens is 290 g/mol. The zero-order valence-corrected chi connectivity index (χ0v) is 13.3. The average Bonchev–Trinajstić information content (AvgIpc) is 2.86. The van der Waals surface area contributed by atoms with Crippen LogP contribution in [0.15, 0.2) is 24.5 Å². The Hall–Kier alpha value is -1.72. The molecule has 5 nitrogen and oxygen atoms in total. The second-order valence-corrected chi connectivity index (χ2v) is 5.10. The summed E-state index contributed by atoms with van der Waals surface area (Å²) in [6, 6.07) is 3.81. The van der Waals surface area contributed by atoms with E-state index in [0.717, 1.165) is 17.9 Å². The molecule has 0 fully saturated rings. The van der Waals surface area contributed by atoms with Gasteiger partial charge in [0.1, 0.15) is 5.82 Å². The Bertz CT molecular complexity index is 599. The van der Waals surface area contributed by atoms with Crippen LogP contribution in [0, 0.1) is 0 Å². The highest BCUT2D eigenvalue weighted by atomic mass is 35.5. The van der Waals surface area contributed by atoms with E-state index in [1.54, 1.807) is 13.3 Å². The van der Waals surface area contributed by atoms with Crippen molar-refractivity contribution in [1.82, 2.24) is 14.9 Å². The zero-order valence-electron chi connectivity index (χ0n) is 12.5. The van der Waals surface area contributed by atoms with Gasteiger partial charge in [0, 0.05) is 32.4 Å². The van der Waals surface area contributed by atoms with Crippen LogP contribution in [0.25, 0.3) is 0 Å². The summed E-state index contributed by atoms with van der Waals surface area (Å²) in [4.78, 5) is 4.26. The van der Waals surface area contributed by atoms with Gasteiger partial charge in [-0.05, 0) is 24.7 Å². The molecule has 0 saturated heterocycles. The fraction of sp³-hybridized carbons (Fsp3) is 0.400. The van der Waals surface area contributed by atoms with Gasteiger partial charge in [-0.3, -0.25) is 0 Å². The van der Waals surface area contributed by atoms with Crippen molar-refractivity contribution in [3.63, 3.8) is 0 Å². The van der Waals surface area contributed by atoms with Crippen molar-refractivity contribution in [2.45, 2.75) is 13.0 Å². The van der Waals surface area contributed by atoms with Crippen molar-refractivity contribution in [2.24, 2.45) is 7.05 Å². The lowest BCUT2D eigenvalue weighted by atomic mass is 10.2. The van der Waals surface area contributed by atoms with Gasteiger partial charge in [-0.15, -0.1) is 0 Å². The Labute approximate surface area is 129 Å². The summed E-state index contributed by atoms with van der Waals surface area (Å²) in [5.41, 5.74) is 1.05. The highest BCUT2D eigenvalue weighted by Crippen LogP contribution is 2.36. The number of benzene rings is 1. The van der Waals surface area contributed by atoms with Gasteiger partial charge in [-0.25, -0.2) is 4.98 Å². The maximum absolute atomic E-state index is 6.29. The average molecular weight is 310 g/mol. The number of hydrogen-bond acceptors (Lipinski definition) is 4. The van der Waals surface area contributed by atoms with Crippen molar-refractivity contribution in [3.8, 4) is 11.5 Å². The fourth-order valence-corrected chi connectivity index (χ4v) is 2.39. The highest BCUT2D eigenvalue weighted by molar-refractivity contribution is 6.32. The van der Waals surface area contributed by atoms with Crippen LogP contribution < -0.4 is 14.8 Å². The van der Waals surface area contributed by atoms with Crippen LogP contribution in [-0.4, -0.2) is 30.3 Å². The zero-order chi connectivity index (χ0) is 15.2. The molecule has 2 aromatic rings. The molecule has 1 aromatic carbocycles. The molecule has 0 atom stereocenters. The number of halogens is 1. The van der Waals surface area contributed by atoms with Crippen LogP contribution in [0.2, 0.25) is 5.02 Å². The van der Waals surface area contributed by atoms with Crippen molar-refractivity contribution in [3.05, 3.63) is 40.9 Å². The molecule has 0 saturated carbocycles. The predicted octanol–water partition coefficient (Wildman–Crippen LogP) is 2.42. The topological polar surface area (TPSA) is 48.3 Å². The van der Waals surface area contributed by atoms with E-state index in [9.17, 15) is 0 Å². The van der Waals surface area contributed by atoms with Gasteiger partial charge in [0.05, 0.1) is 18.7 Å². The summed E-state index contributed by atoms with van der Waals surface area (Å²) in [6.07, 6.45) is 4.39. The number of methoxy groups -OCH3 is 1. The maximum atomic E-state index is 6.29. The molecule has 114 valence electrons. The molecular formula is C15H20ClN3O2. The van der Waals surface area contributed by atoms with E-state index in [1.165, 1.54) is 0 Å². The van der Waals surface area contributed by atoms with Crippen LogP contribution in [-0.2, 0) is 20.0 Å². The van der Waals surface area contributed by atoms with E-state index in [0.29, 0.717) is 29.5 Å². The van der Waals surface area contributed by atoms with Crippen molar-refractivity contribution in [2.75, 3.05) is 20.8 Å². The predicted molar refractivity (Wildman–Crippen MR) is 83.2 cm³/mol. The Balaban J connectivity index is 2.06. The number of imidazole rings is 1. The molecule has 1 heterocycles. The molecule has 0 bridgehead atoms. The van der Waals surface area contributed by atoms with Crippen LogP contribution >= 0.6 is 11.6 Å². The summed E-state index contributed by atoms with van der Waals surface area (Å²) in [7, 11) is 5.46. The first-order valence-corrected chi connectivity index (χ1v) is 7.13. The second-order valence-electron chi connectivity index (χ2n) is 4.69. The van der Waals surface area contributed by atoms with Crippen LogP contribution in [0.5, 0.6) is 11.5 Å². The fourth-order valence-electron chi connectivity index (χ4n) is 2.10. The lowest BCUT2D eigenvalue weighted by Crippen LogP contribution is -2.08. The third kappa shape index (κ3) is 3.89. The summed E-state index contributed by atoms with van der Waals surface area (Å²) < 4.78 is 13.1. The SMILES string of the molecule is CNCc1cc(Cl)c(OCCc2nccn2C)c(OC)c1. The van der Waals surface area contributed by atoms with Crippen molar-refractivity contribution >= 4 is 11.6 Å². The molecule has 0 aliphatic carbocycles. The van der Waals surface area contributed by atoms with Gasteiger partial charge in [0.25, 0.3) is 0 Å². The number of ether oxygens (including phenoxy) is 2. The smallest absolute Gasteiger partial charge is 0.179 e. The molecule has 1 N–H and O–H groups in total. The number of hydrogen-bond donors (Lipinski definition) is 1. The molecule has 0 spiro atoms. The lowest BCUT2D eigenvalue weighted by molar-refractivity contribution is 0.294. The van der Waals surface area contributed by atoms with E-state index in [-0.39, 0.29) is 0 Å². The summed E-state index contributed by atoms with van der Waals surface area (Å²) in [6.45, 7) is 1.22. The Morgan fingerprint density at radius 2 is 2.19 bits per heavy atom. The van der Waals surface area contributed by atoms with E-state index in [2.05, 4.69) is 10.3 Å². The number of aromatic nitrogens is 2. The standard InChI is InChI=1S/C15H20ClN3O2/c1-17-10-11-8-12(16)15(13(9-11)20-3)21-7-4-14-18-5-6-19(14)2/h5-6,8-9,17H,4,7,10H2,1-3H3. The van der Waals surface area contributed by atoms with Gasteiger partial charge in [0.2, 0.25) is 0 Å². The first kappa shape index (κ1) is 15.7. The number of nitrogens with zero attached hydrogens (tertiary/aromatic N) is 2. The second kappa shape index (κ2) is 7.33. The largest absolute Gasteiger partial charge is 0.493 e. The van der Waals surface area contributed by atoms with Crippen LogP contribution in [0.1, 0.15) is 11.4 Å².